The molecule has 0 spiro atoms. The van der Waals surface area contributed by atoms with Gasteiger partial charge in [0.15, 0.2) is 5.78 Å². The summed E-state index contributed by atoms with van der Waals surface area (Å²) in [6.45, 7) is 12.1. The smallest absolute Gasteiger partial charge is 0.156 e. The standard InChI is InChI=1S/C27H43NO2/c1-17(2)7-6-8-18(3)21-9-10-22-20-16-25(28-30)24-15-19(29)11-13-27(24,5)23(20)12-14-26(21,22)4/h15,17-18,20-23,30H,6-14,16H2,1-5H3/b28-25+/t18-,20-,21-,22-,23-,26+,27-/m1/s1. The maximum Gasteiger partial charge on any atom is 0.156 e. The Morgan fingerprint density at radius 3 is 2.57 bits per heavy atom. The molecule has 0 saturated heterocycles. The molecule has 0 aromatic carbocycles. The summed E-state index contributed by atoms with van der Waals surface area (Å²) in [6, 6.07) is 0. The number of carbonyl (C=O) groups excluding carboxylic acids is 1. The fraction of sp³-hybridized carbons (Fsp3) is 0.852. The molecular formula is C27H43NO2. The highest BCUT2D eigenvalue weighted by Gasteiger charge is 2.60. The van der Waals surface area contributed by atoms with Crippen LogP contribution in [0.25, 0.3) is 0 Å². The lowest BCUT2D eigenvalue weighted by Gasteiger charge is -2.58. The largest absolute Gasteiger partial charge is 0.411 e. The molecule has 1 N–H and O–H groups in total. The number of allylic oxidation sites excluding steroid dienone is 1. The summed E-state index contributed by atoms with van der Waals surface area (Å²) >= 11 is 0. The Morgan fingerprint density at radius 1 is 1.10 bits per heavy atom. The first-order valence-corrected chi connectivity index (χ1v) is 12.7. The zero-order valence-corrected chi connectivity index (χ0v) is 19.9. The molecule has 4 aliphatic rings. The Hall–Kier alpha value is -1.12. The summed E-state index contributed by atoms with van der Waals surface area (Å²) in [5.74, 6) is 4.64. The predicted octanol–water partition coefficient (Wildman–Crippen LogP) is 7.04. The van der Waals surface area contributed by atoms with Gasteiger partial charge in [0.2, 0.25) is 0 Å². The minimum absolute atomic E-state index is 0.0146. The molecular weight excluding hydrogens is 370 g/mol. The van der Waals surface area contributed by atoms with Gasteiger partial charge in [0.05, 0.1) is 5.71 Å². The maximum atomic E-state index is 12.1. The molecule has 3 saturated carbocycles. The van der Waals surface area contributed by atoms with Gasteiger partial charge in [0.1, 0.15) is 0 Å². The van der Waals surface area contributed by atoms with Crippen molar-refractivity contribution in [2.45, 2.75) is 98.8 Å². The van der Waals surface area contributed by atoms with Crippen LogP contribution in [0.3, 0.4) is 0 Å². The number of ketones is 1. The second kappa shape index (κ2) is 8.10. The highest BCUT2D eigenvalue weighted by Crippen LogP contribution is 2.67. The fourth-order valence-electron chi connectivity index (χ4n) is 8.53. The monoisotopic (exact) mass is 413 g/mol. The molecule has 3 heteroatoms. The molecule has 3 nitrogen and oxygen atoms in total. The molecule has 0 aliphatic heterocycles. The number of nitrogens with zero attached hydrogens (tertiary/aromatic N) is 1. The van der Waals surface area contributed by atoms with E-state index in [9.17, 15) is 10.0 Å². The van der Waals surface area contributed by atoms with E-state index in [1.807, 2.05) is 6.08 Å². The summed E-state index contributed by atoms with van der Waals surface area (Å²) in [4.78, 5) is 12.1. The van der Waals surface area contributed by atoms with Gasteiger partial charge < -0.3 is 5.21 Å². The van der Waals surface area contributed by atoms with Crippen molar-refractivity contribution in [3.8, 4) is 0 Å². The van der Waals surface area contributed by atoms with Crippen LogP contribution >= 0.6 is 0 Å². The minimum Gasteiger partial charge on any atom is -0.411 e. The molecule has 0 bridgehead atoms. The van der Waals surface area contributed by atoms with Crippen LogP contribution in [0.15, 0.2) is 16.8 Å². The Balaban J connectivity index is 1.57. The third-order valence-electron chi connectivity index (χ3n) is 10.1. The van der Waals surface area contributed by atoms with E-state index in [4.69, 9.17) is 0 Å². The minimum atomic E-state index is 0.0146. The molecule has 4 aliphatic carbocycles. The molecule has 0 aromatic rings. The molecule has 3 fully saturated rings. The average Bonchev–Trinajstić information content (AvgIpc) is 3.05. The van der Waals surface area contributed by atoms with E-state index in [1.54, 1.807) is 0 Å². The number of carbonyl (C=O) groups is 1. The molecule has 0 radical (unpaired) electrons. The van der Waals surface area contributed by atoms with Gasteiger partial charge in [-0.2, -0.15) is 0 Å². The van der Waals surface area contributed by atoms with E-state index in [2.05, 4.69) is 39.8 Å². The van der Waals surface area contributed by atoms with Crippen LogP contribution in [0.1, 0.15) is 98.8 Å². The highest BCUT2D eigenvalue weighted by molar-refractivity contribution is 6.08. The third-order valence-corrected chi connectivity index (χ3v) is 10.1. The SMILES string of the molecule is CC(C)CCC[C@@H](C)[C@H]1CC[C@@H]2[C@H]3C/C(=N\O)C4=CC(=O)CC[C@]4(C)[C@@H]3CC[C@]21C. The Kier molecular flexibility index (Phi) is 5.96. The summed E-state index contributed by atoms with van der Waals surface area (Å²) in [7, 11) is 0. The van der Waals surface area contributed by atoms with Crippen LogP contribution in [-0.4, -0.2) is 16.7 Å². The normalized spacial score (nSPS) is 43.2. The highest BCUT2D eigenvalue weighted by atomic mass is 16.4. The van der Waals surface area contributed by atoms with Crippen molar-refractivity contribution in [3.05, 3.63) is 11.6 Å². The molecule has 7 atom stereocenters. The Bertz CT molecular complexity index is 737. The van der Waals surface area contributed by atoms with Crippen molar-refractivity contribution in [3.63, 3.8) is 0 Å². The zero-order valence-electron chi connectivity index (χ0n) is 19.9. The van der Waals surface area contributed by atoms with Gasteiger partial charge in [0, 0.05) is 6.42 Å². The molecule has 4 rings (SSSR count). The number of hydrogen-bond acceptors (Lipinski definition) is 3. The van der Waals surface area contributed by atoms with E-state index in [1.165, 1.54) is 44.9 Å². The topological polar surface area (TPSA) is 49.7 Å². The van der Waals surface area contributed by atoms with Gasteiger partial charge >= 0.3 is 0 Å². The number of oxime groups is 1. The van der Waals surface area contributed by atoms with E-state index < -0.39 is 0 Å². The van der Waals surface area contributed by atoms with Crippen LogP contribution in [0.5, 0.6) is 0 Å². The van der Waals surface area contributed by atoms with Crippen molar-refractivity contribution in [1.29, 1.82) is 0 Å². The number of hydrogen-bond donors (Lipinski definition) is 1. The first-order chi connectivity index (χ1) is 14.2. The van der Waals surface area contributed by atoms with Gasteiger partial charge in [-0.05, 0) is 96.5 Å². The maximum absolute atomic E-state index is 12.1. The third kappa shape index (κ3) is 3.48. The van der Waals surface area contributed by atoms with Gasteiger partial charge in [-0.3, -0.25) is 4.79 Å². The van der Waals surface area contributed by atoms with E-state index in [0.29, 0.717) is 23.7 Å². The molecule has 0 aromatic heterocycles. The number of rotatable bonds is 5. The van der Waals surface area contributed by atoms with Crippen LogP contribution in [-0.2, 0) is 4.79 Å². The first kappa shape index (κ1) is 22.1. The van der Waals surface area contributed by atoms with Crippen molar-refractivity contribution in [2.24, 2.45) is 51.5 Å². The van der Waals surface area contributed by atoms with Gasteiger partial charge in [-0.1, -0.05) is 59.0 Å². The van der Waals surface area contributed by atoms with Crippen molar-refractivity contribution in [1.82, 2.24) is 0 Å². The summed E-state index contributed by atoms with van der Waals surface area (Å²) < 4.78 is 0. The van der Waals surface area contributed by atoms with Gasteiger partial charge in [-0.25, -0.2) is 0 Å². The predicted molar refractivity (Wildman–Crippen MR) is 123 cm³/mol. The zero-order chi connectivity index (χ0) is 21.7. The molecule has 0 heterocycles. The molecule has 30 heavy (non-hydrogen) atoms. The van der Waals surface area contributed by atoms with Crippen LogP contribution < -0.4 is 0 Å². The second-order valence-corrected chi connectivity index (χ2v) is 12.1. The Morgan fingerprint density at radius 2 is 1.87 bits per heavy atom. The lowest BCUT2D eigenvalue weighted by Crippen LogP contribution is -2.53. The lowest BCUT2D eigenvalue weighted by atomic mass is 9.46. The van der Waals surface area contributed by atoms with Crippen LogP contribution in [0, 0.1) is 46.3 Å². The summed E-state index contributed by atoms with van der Waals surface area (Å²) in [5, 5.41) is 13.6. The van der Waals surface area contributed by atoms with E-state index in [-0.39, 0.29) is 11.2 Å². The molecule has 0 unspecified atom stereocenters. The van der Waals surface area contributed by atoms with Crippen LogP contribution in [0.4, 0.5) is 0 Å². The first-order valence-electron chi connectivity index (χ1n) is 12.7. The lowest BCUT2D eigenvalue weighted by molar-refractivity contribution is -0.116. The molecule has 0 amide bonds. The quantitative estimate of drug-likeness (QED) is 0.388. The average molecular weight is 414 g/mol. The van der Waals surface area contributed by atoms with Crippen LogP contribution in [0.2, 0.25) is 0 Å². The number of fused-ring (bicyclic) bond motifs is 5. The molecule has 168 valence electrons. The van der Waals surface area contributed by atoms with Crippen molar-refractivity contribution >= 4 is 11.5 Å². The van der Waals surface area contributed by atoms with Gasteiger partial charge in [-0.15, -0.1) is 0 Å². The van der Waals surface area contributed by atoms with E-state index >= 15 is 0 Å². The Labute approximate surface area is 183 Å². The second-order valence-electron chi connectivity index (χ2n) is 12.1. The summed E-state index contributed by atoms with van der Waals surface area (Å²) in [6.07, 6.45) is 13.7. The summed E-state index contributed by atoms with van der Waals surface area (Å²) in [5.41, 5.74) is 2.31. The van der Waals surface area contributed by atoms with Crippen molar-refractivity contribution in [2.75, 3.05) is 0 Å². The fourth-order valence-corrected chi connectivity index (χ4v) is 8.53. The van der Waals surface area contributed by atoms with Crippen molar-refractivity contribution < 1.29 is 10.0 Å². The van der Waals surface area contributed by atoms with Gasteiger partial charge in [0.25, 0.3) is 0 Å². The van der Waals surface area contributed by atoms with E-state index in [0.717, 1.165) is 47.8 Å².